The molecule has 0 N–H and O–H groups in total. The third-order valence-electron chi connectivity index (χ3n) is 11.5. The average Bonchev–Trinajstić information content (AvgIpc) is 3.98. The number of nitrogens with zero attached hydrogens (tertiary/aromatic N) is 8. The van der Waals surface area contributed by atoms with Gasteiger partial charge in [0.15, 0.2) is 0 Å². The number of hydrogen-bond acceptors (Lipinski definition) is 4. The summed E-state index contributed by atoms with van der Waals surface area (Å²) in [5, 5.41) is 24.2. The van der Waals surface area contributed by atoms with E-state index in [0.717, 1.165) is 4.47 Å². The first kappa shape index (κ1) is 52.9. The van der Waals surface area contributed by atoms with E-state index in [1.165, 1.54) is 83.1 Å². The molecule has 0 saturated heterocycles. The van der Waals surface area contributed by atoms with Crippen molar-refractivity contribution in [2.45, 2.75) is 187 Å². The van der Waals surface area contributed by atoms with Crippen LogP contribution in [0.15, 0.2) is 77.3 Å². The summed E-state index contributed by atoms with van der Waals surface area (Å²) in [4.78, 5) is 0. The minimum Gasteiger partial charge on any atom is -0.262 e. The Labute approximate surface area is 400 Å². The summed E-state index contributed by atoms with van der Waals surface area (Å²) in [5.41, 5.74) is 13.7. The minimum atomic E-state index is 0. The van der Waals surface area contributed by atoms with Crippen LogP contribution in [-0.2, 0) is 0 Å². The summed E-state index contributed by atoms with van der Waals surface area (Å²) in [6.07, 6.45) is 0. The molecule has 0 atom stereocenters. The molecule has 0 spiro atoms. The number of benzene rings is 4. The molecule has 0 amide bonds. The summed E-state index contributed by atoms with van der Waals surface area (Å²) in [6, 6.07) is 27.8. The molecule has 4 aromatic carbocycles. The molecule has 8 aromatic rings. The van der Waals surface area contributed by atoms with Gasteiger partial charge >= 0.3 is 0 Å². The van der Waals surface area contributed by atoms with E-state index >= 15 is 0 Å². The standard InChI is InChI=1S/3C14H20N2.C13H17BrN2.CH4/c3*1-9(2)14-12-8-11(5)6-7-13(12)16(15-14)10(3)4;1-8(2)13-11-7-10(14)5-6-12(11)16(15-13)9(3)4;/h3*6-10H,1-5H3;5-9H,1-4H3;1H4. The zero-order valence-electron chi connectivity index (χ0n) is 42.5. The first-order valence-corrected chi connectivity index (χ1v) is 24.4. The molecule has 0 aliphatic carbocycles. The van der Waals surface area contributed by atoms with Crippen LogP contribution in [0.3, 0.4) is 0 Å². The fraction of sp³-hybridized carbons (Fsp3) is 0.500. The highest BCUT2D eigenvalue weighted by atomic mass is 79.9. The van der Waals surface area contributed by atoms with Gasteiger partial charge in [-0.1, -0.05) is 114 Å². The summed E-state index contributed by atoms with van der Waals surface area (Å²) < 4.78 is 9.61. The molecule has 0 saturated carbocycles. The van der Waals surface area contributed by atoms with Gasteiger partial charge in [-0.2, -0.15) is 20.4 Å². The predicted molar refractivity (Wildman–Crippen MR) is 285 cm³/mol. The monoisotopic (exact) mass is 945 g/mol. The van der Waals surface area contributed by atoms with Crippen LogP contribution in [0.1, 0.15) is 206 Å². The van der Waals surface area contributed by atoms with Gasteiger partial charge in [0, 0.05) is 50.2 Å². The van der Waals surface area contributed by atoms with E-state index in [1.807, 2.05) is 0 Å². The first-order valence-electron chi connectivity index (χ1n) is 23.7. The van der Waals surface area contributed by atoms with Crippen LogP contribution in [0.2, 0.25) is 0 Å². The molecule has 4 aromatic heterocycles. The fourth-order valence-corrected chi connectivity index (χ4v) is 8.61. The van der Waals surface area contributed by atoms with Gasteiger partial charge in [-0.05, 0) is 154 Å². The molecule has 8 nitrogen and oxygen atoms in total. The second kappa shape index (κ2) is 22.2. The number of rotatable bonds is 8. The third-order valence-corrected chi connectivity index (χ3v) is 12.0. The van der Waals surface area contributed by atoms with E-state index < -0.39 is 0 Å². The van der Waals surface area contributed by atoms with Gasteiger partial charge in [0.1, 0.15) is 0 Å². The number of hydrogen-bond donors (Lipinski definition) is 0. The largest absolute Gasteiger partial charge is 0.262 e. The van der Waals surface area contributed by atoms with Gasteiger partial charge in [0.2, 0.25) is 0 Å². The molecule has 0 radical (unpaired) electrons. The smallest absolute Gasteiger partial charge is 0.0729 e. The van der Waals surface area contributed by atoms with E-state index in [9.17, 15) is 0 Å². The molecule has 65 heavy (non-hydrogen) atoms. The van der Waals surface area contributed by atoms with Gasteiger partial charge in [-0.3, -0.25) is 18.7 Å². The van der Waals surface area contributed by atoms with Crippen molar-refractivity contribution in [2.75, 3.05) is 0 Å². The Morgan fingerprint density at radius 1 is 0.338 bits per heavy atom. The van der Waals surface area contributed by atoms with Crippen LogP contribution in [0.5, 0.6) is 0 Å². The Balaban J connectivity index is 0.000000189. The van der Waals surface area contributed by atoms with Gasteiger partial charge in [0.05, 0.1) is 44.8 Å². The Morgan fingerprint density at radius 2 is 0.554 bits per heavy atom. The van der Waals surface area contributed by atoms with Gasteiger partial charge in [0.25, 0.3) is 0 Å². The number of halogens is 1. The van der Waals surface area contributed by atoms with Gasteiger partial charge in [-0.15, -0.1) is 0 Å². The molecular formula is C56H81BrN8. The maximum atomic E-state index is 4.75. The molecule has 0 aliphatic heterocycles. The molecule has 352 valence electrons. The molecule has 4 heterocycles. The van der Waals surface area contributed by atoms with Crippen molar-refractivity contribution in [3.8, 4) is 0 Å². The normalized spacial score (nSPS) is 11.8. The van der Waals surface area contributed by atoms with Crippen LogP contribution in [0.4, 0.5) is 0 Å². The summed E-state index contributed by atoms with van der Waals surface area (Å²) in [6.45, 7) is 41.4. The van der Waals surface area contributed by atoms with E-state index in [2.05, 4.69) is 239 Å². The van der Waals surface area contributed by atoms with Crippen molar-refractivity contribution in [3.05, 3.63) is 117 Å². The lowest BCUT2D eigenvalue weighted by Crippen LogP contribution is -2.03. The fourth-order valence-electron chi connectivity index (χ4n) is 8.25. The Kier molecular flexibility index (Phi) is 18.0. The number of fused-ring (bicyclic) bond motifs is 4. The van der Waals surface area contributed by atoms with Gasteiger partial charge in [-0.25, -0.2) is 0 Å². The van der Waals surface area contributed by atoms with E-state index in [4.69, 9.17) is 20.4 Å². The maximum absolute atomic E-state index is 4.75. The first-order chi connectivity index (χ1) is 30.0. The molecule has 0 fully saturated rings. The second-order valence-corrected chi connectivity index (χ2v) is 21.0. The van der Waals surface area contributed by atoms with E-state index in [1.54, 1.807) is 0 Å². The molecule has 0 bridgehead atoms. The molecule has 0 unspecified atom stereocenters. The summed E-state index contributed by atoms with van der Waals surface area (Å²) in [5.74, 6) is 1.88. The van der Waals surface area contributed by atoms with Crippen molar-refractivity contribution in [3.63, 3.8) is 0 Å². The second-order valence-electron chi connectivity index (χ2n) is 20.0. The van der Waals surface area contributed by atoms with Crippen molar-refractivity contribution < 1.29 is 0 Å². The maximum Gasteiger partial charge on any atom is 0.0729 e. The lowest BCUT2D eigenvalue weighted by atomic mass is 10.0. The van der Waals surface area contributed by atoms with Crippen molar-refractivity contribution in [1.29, 1.82) is 0 Å². The average molecular weight is 946 g/mol. The van der Waals surface area contributed by atoms with E-state index in [-0.39, 0.29) is 7.43 Å². The van der Waals surface area contributed by atoms with Crippen LogP contribution >= 0.6 is 15.9 Å². The molecule has 0 aliphatic rings. The minimum absolute atomic E-state index is 0. The summed E-state index contributed by atoms with van der Waals surface area (Å²) >= 11 is 3.52. The van der Waals surface area contributed by atoms with E-state index in [0.29, 0.717) is 47.8 Å². The zero-order valence-corrected chi connectivity index (χ0v) is 44.1. The van der Waals surface area contributed by atoms with Crippen LogP contribution in [0, 0.1) is 20.8 Å². The van der Waals surface area contributed by atoms with Crippen molar-refractivity contribution in [2.24, 2.45) is 0 Å². The lowest BCUT2D eigenvalue weighted by molar-refractivity contribution is 0.539. The van der Waals surface area contributed by atoms with Crippen LogP contribution < -0.4 is 0 Å². The lowest BCUT2D eigenvalue weighted by Gasteiger charge is -2.06. The quantitative estimate of drug-likeness (QED) is 0.152. The number of aryl methyl sites for hydroxylation is 3. The highest BCUT2D eigenvalue weighted by Gasteiger charge is 2.18. The third kappa shape index (κ3) is 12.0. The zero-order chi connectivity index (χ0) is 47.5. The van der Waals surface area contributed by atoms with Gasteiger partial charge < -0.3 is 0 Å². The van der Waals surface area contributed by atoms with Crippen molar-refractivity contribution >= 4 is 59.5 Å². The molecular weight excluding hydrogens is 865 g/mol. The number of aromatic nitrogens is 8. The highest BCUT2D eigenvalue weighted by Crippen LogP contribution is 2.32. The molecule has 9 heteroatoms. The highest BCUT2D eigenvalue weighted by molar-refractivity contribution is 9.10. The summed E-state index contributed by atoms with van der Waals surface area (Å²) in [7, 11) is 0. The van der Waals surface area contributed by atoms with Crippen molar-refractivity contribution in [1.82, 2.24) is 39.1 Å². The molecule has 8 rings (SSSR count). The predicted octanol–water partition coefficient (Wildman–Crippen LogP) is 17.3. The Hall–Kier alpha value is -4.76. The topological polar surface area (TPSA) is 71.3 Å². The Morgan fingerprint density at radius 3 is 0.769 bits per heavy atom. The van der Waals surface area contributed by atoms with Crippen LogP contribution in [-0.4, -0.2) is 39.1 Å². The Bertz CT molecular complexity index is 2420. The van der Waals surface area contributed by atoms with Crippen LogP contribution in [0.25, 0.3) is 43.6 Å². The SMILES string of the molecule is C.CC(C)c1nn(C(C)C)c2ccc(Br)cc12.Cc1ccc2c(c1)c(C(C)C)nn2C(C)C.Cc1ccc2c(c1)c(C(C)C)nn2C(C)C.Cc1ccc2c(c1)c(C(C)C)nn2C(C)C.